The Labute approximate surface area is 77.9 Å². The molecule has 0 aliphatic carbocycles. The molecule has 0 radical (unpaired) electrons. The standard InChI is InChI=1S/C9H12BNO2/c1-7-5-8(2)9(11-6-7)3-4-10(12)13/h3-6,12-13H,1-2H3/b4-3+. The van der Waals surface area contributed by atoms with Crippen molar-refractivity contribution in [3.8, 4) is 0 Å². The fourth-order valence-corrected chi connectivity index (χ4v) is 1.08. The molecule has 68 valence electrons. The monoisotopic (exact) mass is 177 g/mol. The van der Waals surface area contributed by atoms with Gasteiger partial charge < -0.3 is 10.0 Å². The Balaban J connectivity index is 2.90. The van der Waals surface area contributed by atoms with Gasteiger partial charge in [-0.2, -0.15) is 0 Å². The summed E-state index contributed by atoms with van der Waals surface area (Å²) in [4.78, 5) is 4.14. The van der Waals surface area contributed by atoms with Crippen molar-refractivity contribution in [1.29, 1.82) is 0 Å². The van der Waals surface area contributed by atoms with Crippen molar-refractivity contribution in [1.82, 2.24) is 4.98 Å². The van der Waals surface area contributed by atoms with Crippen molar-refractivity contribution >= 4 is 13.2 Å². The van der Waals surface area contributed by atoms with Crippen LogP contribution >= 0.6 is 0 Å². The highest BCUT2D eigenvalue weighted by atomic mass is 16.4. The second kappa shape index (κ2) is 4.21. The average molecular weight is 177 g/mol. The molecule has 0 fully saturated rings. The number of pyridine rings is 1. The molecular weight excluding hydrogens is 165 g/mol. The lowest BCUT2D eigenvalue weighted by Gasteiger charge is -1.99. The lowest BCUT2D eigenvalue weighted by molar-refractivity contribution is 0.424. The van der Waals surface area contributed by atoms with Gasteiger partial charge in [0.15, 0.2) is 0 Å². The summed E-state index contributed by atoms with van der Waals surface area (Å²) in [6.07, 6.45) is 3.34. The van der Waals surface area contributed by atoms with E-state index in [0.717, 1.165) is 16.8 Å². The van der Waals surface area contributed by atoms with Crippen LogP contribution in [0.25, 0.3) is 6.08 Å². The smallest absolute Gasteiger partial charge is 0.424 e. The number of nitrogens with zero attached hydrogens (tertiary/aromatic N) is 1. The average Bonchev–Trinajstić information content (AvgIpc) is 2.02. The van der Waals surface area contributed by atoms with Crippen LogP contribution in [0.15, 0.2) is 18.2 Å². The van der Waals surface area contributed by atoms with Crippen molar-refractivity contribution in [3.63, 3.8) is 0 Å². The van der Waals surface area contributed by atoms with Crippen molar-refractivity contribution < 1.29 is 10.0 Å². The van der Waals surface area contributed by atoms with Gasteiger partial charge in [-0.25, -0.2) is 0 Å². The molecule has 0 aliphatic rings. The predicted octanol–water partition coefficient (Wildman–Crippen LogP) is 0.724. The number of hydrogen-bond donors (Lipinski definition) is 2. The van der Waals surface area contributed by atoms with Crippen LogP contribution in [0.4, 0.5) is 0 Å². The molecule has 0 aliphatic heterocycles. The molecule has 0 aromatic carbocycles. The molecule has 1 aromatic rings. The van der Waals surface area contributed by atoms with Crippen LogP contribution in [0.2, 0.25) is 0 Å². The van der Waals surface area contributed by atoms with Crippen LogP contribution in [0.3, 0.4) is 0 Å². The highest BCUT2D eigenvalue weighted by Crippen LogP contribution is 2.08. The summed E-state index contributed by atoms with van der Waals surface area (Å²) in [7, 11) is -1.41. The predicted molar refractivity (Wildman–Crippen MR) is 52.9 cm³/mol. The summed E-state index contributed by atoms with van der Waals surface area (Å²) in [5, 5.41) is 17.2. The molecule has 2 N–H and O–H groups in total. The number of aryl methyl sites for hydroxylation is 2. The van der Waals surface area contributed by atoms with Crippen molar-refractivity contribution in [2.45, 2.75) is 13.8 Å². The minimum atomic E-state index is -1.41. The Bertz CT molecular complexity index is 323. The highest BCUT2D eigenvalue weighted by Gasteiger charge is 2.00. The second-order valence-electron chi connectivity index (χ2n) is 2.99. The molecular formula is C9H12BNO2. The summed E-state index contributed by atoms with van der Waals surface area (Å²) in [5.74, 6) is 1.28. The normalized spacial score (nSPS) is 10.8. The minimum absolute atomic E-state index is 0.763. The molecule has 1 rings (SSSR count). The van der Waals surface area contributed by atoms with Gasteiger partial charge in [0.25, 0.3) is 0 Å². The summed E-state index contributed by atoms with van der Waals surface area (Å²) in [6.45, 7) is 3.90. The van der Waals surface area contributed by atoms with Crippen molar-refractivity contribution in [3.05, 3.63) is 35.1 Å². The Morgan fingerprint density at radius 2 is 2.08 bits per heavy atom. The second-order valence-corrected chi connectivity index (χ2v) is 2.99. The zero-order valence-corrected chi connectivity index (χ0v) is 7.73. The third kappa shape index (κ3) is 3.01. The van der Waals surface area contributed by atoms with Gasteiger partial charge in [0, 0.05) is 6.20 Å². The van der Waals surface area contributed by atoms with E-state index in [2.05, 4.69) is 4.98 Å². The number of hydrogen-bond acceptors (Lipinski definition) is 3. The van der Waals surface area contributed by atoms with E-state index in [1.807, 2.05) is 19.9 Å². The first-order chi connectivity index (χ1) is 6.09. The van der Waals surface area contributed by atoms with Gasteiger partial charge in [-0.15, -0.1) is 0 Å². The van der Waals surface area contributed by atoms with Crippen molar-refractivity contribution in [2.75, 3.05) is 0 Å². The molecule has 0 atom stereocenters. The molecule has 4 heteroatoms. The van der Waals surface area contributed by atoms with E-state index < -0.39 is 7.12 Å². The lowest BCUT2D eigenvalue weighted by atomic mass is 9.91. The maximum atomic E-state index is 8.60. The first-order valence-corrected chi connectivity index (χ1v) is 4.07. The Morgan fingerprint density at radius 3 is 2.62 bits per heavy atom. The summed E-state index contributed by atoms with van der Waals surface area (Å²) in [6, 6.07) is 2.00. The maximum absolute atomic E-state index is 8.60. The van der Waals surface area contributed by atoms with E-state index >= 15 is 0 Å². The van der Waals surface area contributed by atoms with E-state index in [-0.39, 0.29) is 0 Å². The quantitative estimate of drug-likeness (QED) is 0.654. The highest BCUT2D eigenvalue weighted by molar-refractivity contribution is 6.48. The zero-order chi connectivity index (χ0) is 9.84. The summed E-state index contributed by atoms with van der Waals surface area (Å²) in [5.41, 5.74) is 2.88. The molecule has 1 heterocycles. The van der Waals surface area contributed by atoms with E-state index in [1.54, 1.807) is 12.3 Å². The Kier molecular flexibility index (Phi) is 3.22. The fraction of sp³-hybridized carbons (Fsp3) is 0.222. The van der Waals surface area contributed by atoms with Gasteiger partial charge in [0.2, 0.25) is 0 Å². The molecule has 0 bridgehead atoms. The van der Waals surface area contributed by atoms with Crippen LogP contribution < -0.4 is 0 Å². The number of aromatic nitrogens is 1. The third-order valence-electron chi connectivity index (χ3n) is 1.68. The molecule has 0 saturated heterocycles. The first-order valence-electron chi connectivity index (χ1n) is 4.07. The van der Waals surface area contributed by atoms with Gasteiger partial charge in [-0.3, -0.25) is 4.98 Å². The fourth-order valence-electron chi connectivity index (χ4n) is 1.08. The molecule has 3 nitrogen and oxygen atoms in total. The van der Waals surface area contributed by atoms with Crippen molar-refractivity contribution in [2.24, 2.45) is 0 Å². The molecule has 1 aromatic heterocycles. The van der Waals surface area contributed by atoms with Gasteiger partial charge in [0.1, 0.15) is 0 Å². The van der Waals surface area contributed by atoms with E-state index in [4.69, 9.17) is 10.0 Å². The molecule has 0 unspecified atom stereocenters. The van der Waals surface area contributed by atoms with Gasteiger partial charge in [-0.05, 0) is 31.1 Å². The van der Waals surface area contributed by atoms with Crippen LogP contribution in [0, 0.1) is 13.8 Å². The molecule has 0 spiro atoms. The third-order valence-corrected chi connectivity index (χ3v) is 1.68. The van der Waals surface area contributed by atoms with E-state index in [1.165, 1.54) is 5.98 Å². The molecule has 13 heavy (non-hydrogen) atoms. The van der Waals surface area contributed by atoms with E-state index in [9.17, 15) is 0 Å². The van der Waals surface area contributed by atoms with E-state index in [0.29, 0.717) is 0 Å². The largest absolute Gasteiger partial charge is 0.480 e. The minimum Gasteiger partial charge on any atom is -0.424 e. The first kappa shape index (κ1) is 9.96. The summed E-state index contributed by atoms with van der Waals surface area (Å²) >= 11 is 0. The zero-order valence-electron chi connectivity index (χ0n) is 7.73. The SMILES string of the molecule is Cc1cnc(/C=C/B(O)O)c(C)c1. The van der Waals surface area contributed by atoms with Gasteiger partial charge in [0.05, 0.1) is 5.69 Å². The van der Waals surface area contributed by atoms with Crippen LogP contribution in [0.5, 0.6) is 0 Å². The van der Waals surface area contributed by atoms with Gasteiger partial charge in [-0.1, -0.05) is 12.0 Å². The maximum Gasteiger partial charge on any atom is 0.480 e. The topological polar surface area (TPSA) is 53.4 Å². The lowest BCUT2D eigenvalue weighted by Crippen LogP contribution is -2.05. The summed E-state index contributed by atoms with van der Waals surface area (Å²) < 4.78 is 0. The Hall–Kier alpha value is -1.13. The molecule has 0 saturated carbocycles. The number of rotatable bonds is 2. The Morgan fingerprint density at radius 1 is 1.38 bits per heavy atom. The van der Waals surface area contributed by atoms with Gasteiger partial charge >= 0.3 is 7.12 Å². The van der Waals surface area contributed by atoms with Crippen LogP contribution in [-0.2, 0) is 0 Å². The molecule has 0 amide bonds. The van der Waals surface area contributed by atoms with Crippen LogP contribution in [0.1, 0.15) is 16.8 Å². The van der Waals surface area contributed by atoms with Crippen LogP contribution in [-0.4, -0.2) is 22.2 Å².